The topological polar surface area (TPSA) is 254 Å². The molecule has 6 aromatic carbocycles. The maximum Gasteiger partial charge on any atom is 0.373 e. The minimum absolute atomic E-state index is 0.0600. The number of anilines is 1. The fourth-order valence-corrected chi connectivity index (χ4v) is 6.94. The summed E-state index contributed by atoms with van der Waals surface area (Å²) in [5, 5.41) is 52.0. The Bertz CT molecular complexity index is 3090. The van der Waals surface area contributed by atoms with E-state index in [1.54, 1.807) is 102 Å². The molecule has 9 rings (SSSR count). The maximum absolute atomic E-state index is 12.6. The molecule has 3 heterocycles. The minimum Gasteiger partial charge on any atom is -0.508 e. The molecule has 0 radical (unpaired) electrons. The van der Waals surface area contributed by atoms with Gasteiger partial charge in [-0.2, -0.15) is 9.59 Å². The zero-order valence-electron chi connectivity index (χ0n) is 36.0. The van der Waals surface area contributed by atoms with E-state index in [2.05, 4.69) is 10.3 Å². The smallest absolute Gasteiger partial charge is 0.373 e. The van der Waals surface area contributed by atoms with E-state index < -0.39 is 0 Å². The number of phenols is 4. The first-order valence-corrected chi connectivity index (χ1v) is 20.7. The van der Waals surface area contributed by atoms with Crippen LogP contribution in [0.5, 0.6) is 28.9 Å². The van der Waals surface area contributed by atoms with Gasteiger partial charge in [0, 0.05) is 46.5 Å². The number of phenolic OH excluding ortho intramolecular Hbond substituents is 4. The number of hydrogen-bond acceptors (Lipinski definition) is 14. The summed E-state index contributed by atoms with van der Waals surface area (Å²) in [4.78, 5) is 61.6. The van der Waals surface area contributed by atoms with E-state index >= 15 is 0 Å². The van der Waals surface area contributed by atoms with Gasteiger partial charge in [0.1, 0.15) is 28.7 Å². The van der Waals surface area contributed by atoms with Crippen LogP contribution in [0.2, 0.25) is 0 Å². The number of imidazole rings is 1. The number of aromatic hydroxyl groups is 5. The fraction of sp³-hybridized carbons (Fsp3) is 0.0769. The fourth-order valence-electron chi connectivity index (χ4n) is 6.94. The van der Waals surface area contributed by atoms with Crippen LogP contribution < -0.4 is 5.32 Å². The molecule has 6 N–H and O–H groups in total. The van der Waals surface area contributed by atoms with Crippen LogP contribution in [-0.4, -0.2) is 61.9 Å². The van der Waals surface area contributed by atoms with Crippen molar-refractivity contribution in [3.05, 3.63) is 219 Å². The number of carbonyl (C=O) groups excluding carboxylic acids is 3. The summed E-state index contributed by atoms with van der Waals surface area (Å²) in [6.45, 7) is 0. The van der Waals surface area contributed by atoms with E-state index in [0.717, 1.165) is 39.1 Å². The minimum atomic E-state index is -0.216. The summed E-state index contributed by atoms with van der Waals surface area (Å²) in [5.74, 6) is 0.970. The molecule has 0 aliphatic rings. The van der Waals surface area contributed by atoms with Crippen LogP contribution in [0.1, 0.15) is 39.3 Å². The van der Waals surface area contributed by atoms with Gasteiger partial charge < -0.3 is 30.8 Å². The highest BCUT2D eigenvalue weighted by molar-refractivity contribution is 5.92. The highest BCUT2D eigenvalue weighted by atomic mass is 16.7. The van der Waals surface area contributed by atoms with E-state index in [-0.39, 0.29) is 47.4 Å². The van der Waals surface area contributed by atoms with Crippen molar-refractivity contribution in [1.29, 1.82) is 0 Å². The predicted octanol–water partition coefficient (Wildman–Crippen LogP) is 8.51. The van der Waals surface area contributed by atoms with Gasteiger partial charge in [-0.05, 0) is 95.1 Å². The molecule has 16 nitrogen and oxygen atoms in total. The Morgan fingerprint density at radius 3 is 1.43 bits per heavy atom. The molecule has 0 fully saturated rings. The zero-order valence-corrected chi connectivity index (χ0v) is 36.0. The predicted molar refractivity (Wildman–Crippen MR) is 252 cm³/mol. The number of carbonyl (C=O) groups is 1. The molecule has 3 aromatic heterocycles. The molecule has 0 unspecified atom stereocenters. The molecular formula is C52H42N6O10. The number of rotatable bonds is 11. The second kappa shape index (κ2) is 23.4. The quantitative estimate of drug-likeness (QED) is 0.0712. The number of hydrogen-bond donors (Lipinski definition) is 6. The second-order valence-corrected chi connectivity index (χ2v) is 14.9. The van der Waals surface area contributed by atoms with Crippen molar-refractivity contribution in [3.8, 4) is 51.4 Å². The average molecular weight is 911 g/mol. The highest BCUT2D eigenvalue weighted by Gasteiger charge is 2.19. The van der Waals surface area contributed by atoms with E-state index in [1.807, 2.05) is 72.8 Å². The SMILES string of the molecule is O=C(Cc1ccc(O)cc1)Nc1ncc(-c2ccc(O)cc2)nc1Cc1ccccc1.O=C=O.O=O.Oc1ccc(Cc2nc3c(Cc4ccccc4)nc(-c4ccc(O)cc4)cn3c2O)cc1. The van der Waals surface area contributed by atoms with Crippen molar-refractivity contribution in [2.45, 2.75) is 25.7 Å². The molecule has 16 heteroatoms. The van der Waals surface area contributed by atoms with Crippen molar-refractivity contribution in [2.75, 3.05) is 5.32 Å². The summed E-state index contributed by atoms with van der Waals surface area (Å²) in [5.41, 5.74) is 9.36. The molecule has 340 valence electrons. The Morgan fingerprint density at radius 2 is 0.912 bits per heavy atom. The summed E-state index contributed by atoms with van der Waals surface area (Å²) in [6, 6.07) is 46.8. The summed E-state index contributed by atoms with van der Waals surface area (Å²) < 4.78 is 1.67. The van der Waals surface area contributed by atoms with Crippen molar-refractivity contribution in [2.24, 2.45) is 0 Å². The van der Waals surface area contributed by atoms with Crippen molar-refractivity contribution >= 4 is 23.5 Å². The van der Waals surface area contributed by atoms with Crippen LogP contribution in [-0.2, 0) is 40.1 Å². The maximum atomic E-state index is 12.6. The van der Waals surface area contributed by atoms with Crippen LogP contribution in [0.15, 0.2) is 170 Å². The lowest BCUT2D eigenvalue weighted by atomic mass is 10.1. The van der Waals surface area contributed by atoms with Gasteiger partial charge in [-0.3, -0.25) is 9.20 Å². The Balaban J connectivity index is 0.000000205. The van der Waals surface area contributed by atoms with Crippen LogP contribution >= 0.6 is 0 Å². The molecule has 0 atom stereocenters. The number of nitrogens with zero attached hydrogens (tertiary/aromatic N) is 5. The first kappa shape index (κ1) is 47.9. The lowest BCUT2D eigenvalue weighted by Crippen LogP contribution is -2.17. The molecule has 0 spiro atoms. The Labute approximate surface area is 388 Å². The normalized spacial score (nSPS) is 10.2. The summed E-state index contributed by atoms with van der Waals surface area (Å²) in [6.07, 6.45) is 5.27. The van der Waals surface area contributed by atoms with Crippen LogP contribution in [0.4, 0.5) is 5.82 Å². The Morgan fingerprint density at radius 1 is 0.500 bits per heavy atom. The van der Waals surface area contributed by atoms with Crippen molar-refractivity contribution < 1.29 is 39.9 Å². The van der Waals surface area contributed by atoms with Gasteiger partial charge in [-0.25, -0.2) is 19.9 Å². The number of aromatic nitrogens is 5. The number of nitrogens with one attached hydrogen (secondary N) is 1. The van der Waals surface area contributed by atoms with Gasteiger partial charge in [0.2, 0.25) is 11.8 Å². The molecule has 9 aromatic rings. The highest BCUT2D eigenvalue weighted by Crippen LogP contribution is 2.30. The summed E-state index contributed by atoms with van der Waals surface area (Å²) in [7, 11) is 0. The Hall–Kier alpha value is -9.53. The zero-order chi connectivity index (χ0) is 48.4. The van der Waals surface area contributed by atoms with E-state index in [9.17, 15) is 30.3 Å². The number of benzene rings is 6. The lowest BCUT2D eigenvalue weighted by molar-refractivity contribution is -0.191. The first-order chi connectivity index (χ1) is 33.0. The van der Waals surface area contributed by atoms with Gasteiger partial charge in [0.25, 0.3) is 0 Å². The third-order valence-corrected chi connectivity index (χ3v) is 10.2. The molecule has 68 heavy (non-hydrogen) atoms. The largest absolute Gasteiger partial charge is 0.508 e. The van der Waals surface area contributed by atoms with Crippen LogP contribution in [0.25, 0.3) is 28.2 Å². The molecule has 0 aliphatic heterocycles. The van der Waals surface area contributed by atoms with Gasteiger partial charge in [-0.15, -0.1) is 0 Å². The number of amides is 1. The van der Waals surface area contributed by atoms with Crippen molar-refractivity contribution in [3.63, 3.8) is 0 Å². The molecule has 0 saturated heterocycles. The van der Waals surface area contributed by atoms with Gasteiger partial charge >= 0.3 is 6.15 Å². The van der Waals surface area contributed by atoms with E-state index in [4.69, 9.17) is 34.5 Å². The van der Waals surface area contributed by atoms with Gasteiger partial charge in [0.15, 0.2) is 11.5 Å². The summed E-state index contributed by atoms with van der Waals surface area (Å²) >= 11 is 0. The molecule has 0 bridgehead atoms. The van der Waals surface area contributed by atoms with E-state index in [1.165, 1.54) is 0 Å². The third kappa shape index (κ3) is 13.0. The van der Waals surface area contributed by atoms with Gasteiger partial charge in [0.05, 0.1) is 35.4 Å². The third-order valence-electron chi connectivity index (χ3n) is 10.2. The van der Waals surface area contributed by atoms with Crippen LogP contribution in [0, 0.1) is 9.93 Å². The van der Waals surface area contributed by atoms with Crippen molar-refractivity contribution in [1.82, 2.24) is 24.3 Å². The molecule has 1 amide bonds. The molecule has 0 saturated carbocycles. The second-order valence-electron chi connectivity index (χ2n) is 14.9. The molecular weight excluding hydrogens is 869 g/mol. The van der Waals surface area contributed by atoms with Gasteiger partial charge in [-0.1, -0.05) is 84.9 Å². The molecule has 0 aliphatic carbocycles. The lowest BCUT2D eigenvalue weighted by Gasteiger charge is -2.12. The van der Waals surface area contributed by atoms with E-state index in [0.29, 0.717) is 53.5 Å². The number of fused-ring (bicyclic) bond motifs is 1. The standard InChI is InChI=1S/C26H21N3O3.C25H21N3O3.CO2.O2/c30-20-10-6-18(7-11-20)15-23-26(32)29-16-24(19-8-12-21(31)13-9-19)27-22(25(29)28-23)14-17-4-2-1-3-5-17;29-20-10-6-18(7-11-20)15-24(31)28-25-22(14-17-4-2-1-3-5-17)27-23(16-26-25)19-8-12-21(30)13-9-19;2-1-3;1-2/h1-13,16,30-32H,14-15H2;1-13,16,29-30H,14-15H2,(H,26,28,31);;. The van der Waals surface area contributed by atoms with Crippen LogP contribution in [0.3, 0.4) is 0 Å². The monoisotopic (exact) mass is 910 g/mol. The Kier molecular flexibility index (Phi) is 16.5. The first-order valence-electron chi connectivity index (χ1n) is 20.7. The average Bonchev–Trinajstić information content (AvgIpc) is 3.67.